The largest absolute Gasteiger partial charge is 0.481 e. The standard InChI is InChI=1S/C14H20N2O4S/c1-15(9-8-14(17)18)21(19,20)16-10-6-12-4-2-3-5-13(12)7-11-16/h2-5H,6-11H2,1H3,(H,17,18). The number of benzene rings is 1. The molecule has 0 spiro atoms. The zero-order valence-electron chi connectivity index (χ0n) is 12.0. The third-order valence-electron chi connectivity index (χ3n) is 3.74. The summed E-state index contributed by atoms with van der Waals surface area (Å²) in [6.45, 7) is 0.842. The van der Waals surface area contributed by atoms with Crippen molar-refractivity contribution in [2.24, 2.45) is 0 Å². The molecule has 21 heavy (non-hydrogen) atoms. The Hall–Kier alpha value is -1.44. The molecule has 0 saturated heterocycles. The van der Waals surface area contributed by atoms with Crippen molar-refractivity contribution in [3.63, 3.8) is 0 Å². The molecule has 0 bridgehead atoms. The van der Waals surface area contributed by atoms with Crippen molar-refractivity contribution in [2.45, 2.75) is 19.3 Å². The summed E-state index contributed by atoms with van der Waals surface area (Å²) in [5.74, 6) is -1.000. The van der Waals surface area contributed by atoms with E-state index in [0.717, 1.165) is 4.31 Å². The predicted molar refractivity (Wildman–Crippen MR) is 79.2 cm³/mol. The number of hydrogen-bond acceptors (Lipinski definition) is 3. The summed E-state index contributed by atoms with van der Waals surface area (Å²) in [6.07, 6.45) is 1.17. The summed E-state index contributed by atoms with van der Waals surface area (Å²) in [5.41, 5.74) is 2.37. The highest BCUT2D eigenvalue weighted by atomic mass is 32.2. The number of carbonyl (C=O) groups is 1. The van der Waals surface area contributed by atoms with Crippen molar-refractivity contribution < 1.29 is 18.3 Å². The van der Waals surface area contributed by atoms with Crippen LogP contribution in [-0.4, -0.2) is 54.8 Å². The van der Waals surface area contributed by atoms with Crippen LogP contribution in [0.3, 0.4) is 0 Å². The lowest BCUT2D eigenvalue weighted by Crippen LogP contribution is -2.43. The van der Waals surface area contributed by atoms with Gasteiger partial charge >= 0.3 is 5.97 Å². The Morgan fingerprint density at radius 3 is 2.24 bits per heavy atom. The van der Waals surface area contributed by atoms with E-state index in [-0.39, 0.29) is 13.0 Å². The second-order valence-corrected chi connectivity index (χ2v) is 7.18. The lowest BCUT2D eigenvalue weighted by molar-refractivity contribution is -0.137. The van der Waals surface area contributed by atoms with Crippen molar-refractivity contribution in [1.29, 1.82) is 0 Å². The van der Waals surface area contributed by atoms with Crippen LogP contribution in [0, 0.1) is 0 Å². The van der Waals surface area contributed by atoms with Crippen molar-refractivity contribution >= 4 is 16.2 Å². The zero-order chi connectivity index (χ0) is 15.5. The van der Waals surface area contributed by atoms with Gasteiger partial charge in [0.15, 0.2) is 0 Å². The first-order chi connectivity index (χ1) is 9.91. The van der Waals surface area contributed by atoms with Crippen LogP contribution in [0.5, 0.6) is 0 Å². The smallest absolute Gasteiger partial charge is 0.304 e. The molecular weight excluding hydrogens is 292 g/mol. The first kappa shape index (κ1) is 15.9. The number of hydrogen-bond donors (Lipinski definition) is 1. The highest BCUT2D eigenvalue weighted by Gasteiger charge is 2.28. The van der Waals surface area contributed by atoms with Crippen LogP contribution in [0.15, 0.2) is 24.3 Å². The van der Waals surface area contributed by atoms with E-state index in [1.54, 1.807) is 0 Å². The van der Waals surface area contributed by atoms with E-state index in [4.69, 9.17) is 5.11 Å². The Labute approximate surface area is 125 Å². The Balaban J connectivity index is 2.07. The molecular formula is C14H20N2O4S. The molecule has 0 radical (unpaired) electrons. The van der Waals surface area contributed by atoms with Gasteiger partial charge in [-0.1, -0.05) is 24.3 Å². The second-order valence-electron chi connectivity index (χ2n) is 5.14. The molecule has 1 aliphatic rings. The van der Waals surface area contributed by atoms with Gasteiger partial charge in [-0.15, -0.1) is 0 Å². The monoisotopic (exact) mass is 312 g/mol. The van der Waals surface area contributed by atoms with Gasteiger partial charge in [-0.25, -0.2) is 0 Å². The fourth-order valence-electron chi connectivity index (χ4n) is 2.44. The van der Waals surface area contributed by atoms with Crippen LogP contribution in [0.4, 0.5) is 0 Å². The van der Waals surface area contributed by atoms with Crippen LogP contribution >= 0.6 is 0 Å². The molecule has 116 valence electrons. The fourth-order valence-corrected chi connectivity index (χ4v) is 3.80. The maximum absolute atomic E-state index is 12.5. The van der Waals surface area contributed by atoms with Crippen LogP contribution in [0.2, 0.25) is 0 Å². The fraction of sp³-hybridized carbons (Fsp3) is 0.500. The SMILES string of the molecule is CN(CCC(=O)O)S(=O)(=O)N1CCc2ccccc2CC1. The Kier molecular flexibility index (Phi) is 4.97. The van der Waals surface area contributed by atoms with E-state index in [9.17, 15) is 13.2 Å². The number of aliphatic carboxylic acids is 1. The number of carboxylic acid groups (broad SMARTS) is 1. The molecule has 2 rings (SSSR count). The average Bonchev–Trinajstić information content (AvgIpc) is 2.67. The van der Waals surface area contributed by atoms with Gasteiger partial charge in [0.05, 0.1) is 6.42 Å². The topological polar surface area (TPSA) is 77.9 Å². The van der Waals surface area contributed by atoms with Gasteiger partial charge in [0.2, 0.25) is 0 Å². The molecule has 6 nitrogen and oxygen atoms in total. The van der Waals surface area contributed by atoms with E-state index in [1.165, 1.54) is 22.5 Å². The number of nitrogens with zero attached hydrogens (tertiary/aromatic N) is 2. The third kappa shape index (κ3) is 3.81. The predicted octanol–water partition coefficient (Wildman–Crippen LogP) is 0.738. The van der Waals surface area contributed by atoms with Crippen LogP contribution in [0.1, 0.15) is 17.5 Å². The van der Waals surface area contributed by atoms with Crippen LogP contribution in [0.25, 0.3) is 0 Å². The van der Waals surface area contributed by atoms with E-state index >= 15 is 0 Å². The van der Waals surface area contributed by atoms with Gasteiger partial charge in [0.1, 0.15) is 0 Å². The molecule has 0 saturated carbocycles. The minimum absolute atomic E-state index is 0.0128. The quantitative estimate of drug-likeness (QED) is 0.870. The Morgan fingerprint density at radius 1 is 1.24 bits per heavy atom. The molecule has 1 aliphatic heterocycles. The summed E-state index contributed by atoms with van der Waals surface area (Å²) in [4.78, 5) is 10.6. The summed E-state index contributed by atoms with van der Waals surface area (Å²) in [6, 6.07) is 7.98. The Morgan fingerprint density at radius 2 is 1.76 bits per heavy atom. The summed E-state index contributed by atoms with van der Waals surface area (Å²) >= 11 is 0. The molecule has 1 heterocycles. The van der Waals surface area contributed by atoms with E-state index < -0.39 is 16.2 Å². The molecule has 7 heteroatoms. The van der Waals surface area contributed by atoms with Crippen molar-refractivity contribution in [3.05, 3.63) is 35.4 Å². The van der Waals surface area contributed by atoms with E-state index in [1.807, 2.05) is 24.3 Å². The highest BCUT2D eigenvalue weighted by molar-refractivity contribution is 7.86. The van der Waals surface area contributed by atoms with Gasteiger partial charge in [-0.05, 0) is 24.0 Å². The minimum Gasteiger partial charge on any atom is -0.481 e. The van der Waals surface area contributed by atoms with Crippen LogP contribution in [-0.2, 0) is 27.8 Å². The summed E-state index contributed by atoms with van der Waals surface area (Å²) < 4.78 is 27.5. The van der Waals surface area contributed by atoms with E-state index in [2.05, 4.69) is 0 Å². The van der Waals surface area contributed by atoms with Gasteiger partial charge < -0.3 is 5.11 Å². The molecule has 0 atom stereocenters. The van der Waals surface area contributed by atoms with Crippen molar-refractivity contribution in [3.8, 4) is 0 Å². The minimum atomic E-state index is -3.60. The molecule has 0 aromatic heterocycles. The molecule has 1 N–H and O–H groups in total. The summed E-state index contributed by atoms with van der Waals surface area (Å²) in [7, 11) is -2.17. The molecule has 0 amide bonds. The first-order valence-electron chi connectivity index (χ1n) is 6.91. The average molecular weight is 312 g/mol. The van der Waals surface area contributed by atoms with Gasteiger partial charge in [0, 0.05) is 26.7 Å². The molecule has 0 aliphatic carbocycles. The Bertz CT molecular complexity index is 588. The highest BCUT2D eigenvalue weighted by Crippen LogP contribution is 2.18. The van der Waals surface area contributed by atoms with Crippen molar-refractivity contribution in [2.75, 3.05) is 26.7 Å². The second kappa shape index (κ2) is 6.55. The molecule has 0 unspecified atom stereocenters. The lowest BCUT2D eigenvalue weighted by atomic mass is 10.0. The van der Waals surface area contributed by atoms with E-state index in [0.29, 0.717) is 25.9 Å². The van der Waals surface area contributed by atoms with Gasteiger partial charge in [-0.3, -0.25) is 4.79 Å². The number of carboxylic acids is 1. The third-order valence-corrected chi connectivity index (χ3v) is 5.73. The maximum atomic E-state index is 12.5. The molecule has 1 aromatic rings. The number of fused-ring (bicyclic) bond motifs is 1. The lowest BCUT2D eigenvalue weighted by Gasteiger charge is -2.25. The van der Waals surface area contributed by atoms with Crippen LogP contribution < -0.4 is 0 Å². The van der Waals surface area contributed by atoms with Gasteiger partial charge in [0.25, 0.3) is 10.2 Å². The maximum Gasteiger partial charge on any atom is 0.304 e. The molecule has 1 aromatic carbocycles. The normalized spacial score (nSPS) is 16.5. The first-order valence-corrected chi connectivity index (χ1v) is 8.31. The van der Waals surface area contributed by atoms with Crippen molar-refractivity contribution in [1.82, 2.24) is 8.61 Å². The summed E-state index contributed by atoms with van der Waals surface area (Å²) in [5, 5.41) is 8.67. The molecule has 0 fully saturated rings. The zero-order valence-corrected chi connectivity index (χ0v) is 12.8. The van der Waals surface area contributed by atoms with Gasteiger partial charge in [-0.2, -0.15) is 17.0 Å². The number of rotatable bonds is 5.